The zero-order valence-corrected chi connectivity index (χ0v) is 18.5. The van der Waals surface area contributed by atoms with Crippen LogP contribution in [0.3, 0.4) is 0 Å². The number of nitrogens with two attached hydrogens (primary N) is 1. The Hall–Kier alpha value is -3.42. The van der Waals surface area contributed by atoms with E-state index in [-0.39, 0.29) is 0 Å². The molecule has 2 heterocycles. The molecule has 0 unspecified atom stereocenters. The second kappa shape index (κ2) is 11.1. The van der Waals surface area contributed by atoms with Crippen LogP contribution in [0.25, 0.3) is 16.8 Å². The molecule has 0 radical (unpaired) electrons. The highest BCUT2D eigenvalue weighted by molar-refractivity contribution is 7.14. The number of hydrogen-bond donors (Lipinski definition) is 2. The van der Waals surface area contributed by atoms with Crippen molar-refractivity contribution in [1.82, 2.24) is 9.97 Å². The largest absolute Gasteiger partial charge is 0.477 e. The number of ether oxygens (including phenoxy) is 2. The average molecular weight is 435 g/mol. The SMILES string of the molecule is C=C/C(=C\C=C(/N)OCCOC)c1ccc(-c2csc(Nc3cccc(C)n3)n2)cc1. The number of anilines is 2. The lowest BCUT2D eigenvalue weighted by Crippen LogP contribution is -2.07. The molecular weight excluding hydrogens is 408 g/mol. The molecule has 1 aromatic carbocycles. The minimum absolute atomic E-state index is 0.332. The summed E-state index contributed by atoms with van der Waals surface area (Å²) in [7, 11) is 1.62. The number of thiazole rings is 1. The molecule has 0 fully saturated rings. The van der Waals surface area contributed by atoms with Gasteiger partial charge in [-0.3, -0.25) is 0 Å². The molecule has 0 spiro atoms. The first kappa shape index (κ1) is 22.3. The molecule has 0 aliphatic rings. The summed E-state index contributed by atoms with van der Waals surface area (Å²) in [5, 5.41) is 6.08. The van der Waals surface area contributed by atoms with Crippen LogP contribution in [0.15, 0.2) is 78.5 Å². The van der Waals surface area contributed by atoms with Crippen LogP contribution in [0.5, 0.6) is 0 Å². The van der Waals surface area contributed by atoms with Crippen LogP contribution in [0.2, 0.25) is 0 Å². The van der Waals surface area contributed by atoms with Gasteiger partial charge >= 0.3 is 0 Å². The molecular formula is C24H26N4O2S. The molecule has 6 nitrogen and oxygen atoms in total. The van der Waals surface area contributed by atoms with E-state index in [4.69, 9.17) is 15.2 Å². The van der Waals surface area contributed by atoms with Crippen molar-refractivity contribution in [2.45, 2.75) is 6.92 Å². The number of nitrogens with one attached hydrogen (secondary N) is 1. The lowest BCUT2D eigenvalue weighted by Gasteiger charge is -2.06. The minimum atomic E-state index is 0.332. The van der Waals surface area contributed by atoms with Crippen molar-refractivity contribution in [1.29, 1.82) is 0 Å². The number of aromatic nitrogens is 2. The van der Waals surface area contributed by atoms with E-state index in [0.717, 1.165) is 39.0 Å². The summed E-state index contributed by atoms with van der Waals surface area (Å²) in [6.07, 6.45) is 5.38. The van der Waals surface area contributed by atoms with E-state index in [9.17, 15) is 0 Å². The van der Waals surface area contributed by atoms with Gasteiger partial charge in [0.1, 0.15) is 12.4 Å². The molecule has 160 valence electrons. The van der Waals surface area contributed by atoms with Crippen molar-refractivity contribution in [3.8, 4) is 11.3 Å². The molecule has 31 heavy (non-hydrogen) atoms. The Balaban J connectivity index is 1.69. The van der Waals surface area contributed by atoms with E-state index in [2.05, 4.69) is 21.9 Å². The van der Waals surface area contributed by atoms with Crippen LogP contribution in [-0.2, 0) is 9.47 Å². The number of rotatable bonds is 10. The standard InChI is InChI=1S/C24H26N4O2S/c1-4-18(12-13-22(25)30-15-14-29-3)19-8-10-20(11-9-19)21-16-31-24(27-21)28-23-7-5-6-17(2)26-23/h4-13,16H,1,14-15,25H2,2-3H3,(H,26,27,28)/b18-12+,22-13+. The zero-order valence-electron chi connectivity index (χ0n) is 17.7. The quantitative estimate of drug-likeness (QED) is 0.256. The van der Waals surface area contributed by atoms with Gasteiger partial charge < -0.3 is 20.5 Å². The van der Waals surface area contributed by atoms with Crippen LogP contribution in [0.4, 0.5) is 10.9 Å². The van der Waals surface area contributed by atoms with Crippen LogP contribution in [-0.4, -0.2) is 30.3 Å². The molecule has 0 saturated heterocycles. The normalized spacial score (nSPS) is 11.9. The van der Waals surface area contributed by atoms with Crippen molar-refractivity contribution in [3.05, 3.63) is 89.8 Å². The maximum atomic E-state index is 5.85. The van der Waals surface area contributed by atoms with Gasteiger partial charge in [0, 0.05) is 23.7 Å². The Morgan fingerprint density at radius 1 is 1.13 bits per heavy atom. The topological polar surface area (TPSA) is 82.3 Å². The predicted molar refractivity (Wildman–Crippen MR) is 128 cm³/mol. The summed E-state index contributed by atoms with van der Waals surface area (Å²) in [6.45, 7) is 6.76. The van der Waals surface area contributed by atoms with Gasteiger partial charge in [0.15, 0.2) is 11.0 Å². The Morgan fingerprint density at radius 3 is 2.65 bits per heavy atom. The molecule has 0 bridgehead atoms. The van der Waals surface area contributed by atoms with Crippen molar-refractivity contribution in [2.75, 3.05) is 25.6 Å². The van der Waals surface area contributed by atoms with Crippen LogP contribution < -0.4 is 11.1 Å². The van der Waals surface area contributed by atoms with Crippen molar-refractivity contribution in [3.63, 3.8) is 0 Å². The van der Waals surface area contributed by atoms with Crippen LogP contribution >= 0.6 is 11.3 Å². The lowest BCUT2D eigenvalue weighted by molar-refractivity contribution is 0.109. The molecule has 3 rings (SSSR count). The number of methoxy groups -OCH3 is 1. The van der Waals surface area contributed by atoms with Gasteiger partial charge in [-0.05, 0) is 42.3 Å². The molecule has 2 aromatic heterocycles. The Morgan fingerprint density at radius 2 is 1.94 bits per heavy atom. The number of allylic oxidation sites excluding steroid dienone is 4. The highest BCUT2D eigenvalue weighted by Crippen LogP contribution is 2.28. The van der Waals surface area contributed by atoms with Crippen molar-refractivity contribution >= 4 is 27.9 Å². The molecule has 0 atom stereocenters. The van der Waals surface area contributed by atoms with Gasteiger partial charge in [-0.1, -0.05) is 43.0 Å². The third-order valence-electron chi connectivity index (χ3n) is 4.34. The third-order valence-corrected chi connectivity index (χ3v) is 5.10. The fourth-order valence-electron chi connectivity index (χ4n) is 2.76. The van der Waals surface area contributed by atoms with Gasteiger partial charge in [0.2, 0.25) is 0 Å². The number of nitrogens with zero attached hydrogens (tertiary/aromatic N) is 2. The molecule has 3 aromatic rings. The number of pyridine rings is 1. The highest BCUT2D eigenvalue weighted by Gasteiger charge is 2.06. The average Bonchev–Trinajstić information content (AvgIpc) is 3.23. The Kier molecular flexibility index (Phi) is 7.98. The molecule has 0 aliphatic carbocycles. The maximum Gasteiger partial charge on any atom is 0.188 e. The third kappa shape index (κ3) is 6.53. The number of benzene rings is 1. The molecule has 0 aliphatic heterocycles. The summed E-state index contributed by atoms with van der Waals surface area (Å²) < 4.78 is 10.3. The molecule has 7 heteroatoms. The van der Waals surface area contributed by atoms with Crippen molar-refractivity contribution < 1.29 is 9.47 Å². The van der Waals surface area contributed by atoms with Gasteiger partial charge in [0.05, 0.1) is 12.3 Å². The second-order valence-electron chi connectivity index (χ2n) is 6.64. The summed E-state index contributed by atoms with van der Waals surface area (Å²) in [5.74, 6) is 1.12. The monoisotopic (exact) mass is 434 g/mol. The van der Waals surface area contributed by atoms with Crippen LogP contribution in [0, 0.1) is 6.92 Å². The van der Waals surface area contributed by atoms with E-state index in [1.807, 2.05) is 60.8 Å². The van der Waals surface area contributed by atoms with Crippen LogP contribution in [0.1, 0.15) is 11.3 Å². The molecule has 3 N–H and O–H groups in total. The van der Waals surface area contributed by atoms with Gasteiger partial charge in [-0.2, -0.15) is 0 Å². The number of hydrogen-bond acceptors (Lipinski definition) is 7. The molecule has 0 amide bonds. The van der Waals surface area contributed by atoms with Crippen molar-refractivity contribution in [2.24, 2.45) is 5.73 Å². The first-order chi connectivity index (χ1) is 15.1. The summed E-state index contributed by atoms with van der Waals surface area (Å²) in [5.41, 5.74) is 10.7. The van der Waals surface area contributed by atoms with E-state index in [1.54, 1.807) is 30.6 Å². The second-order valence-corrected chi connectivity index (χ2v) is 7.50. The predicted octanol–water partition coefficient (Wildman–Crippen LogP) is 5.29. The Labute approximate surface area is 186 Å². The summed E-state index contributed by atoms with van der Waals surface area (Å²) in [4.78, 5) is 9.13. The lowest BCUT2D eigenvalue weighted by atomic mass is 10.0. The maximum absolute atomic E-state index is 5.85. The van der Waals surface area contributed by atoms with E-state index in [0.29, 0.717) is 19.1 Å². The zero-order chi connectivity index (χ0) is 22.1. The van der Waals surface area contributed by atoms with E-state index >= 15 is 0 Å². The van der Waals surface area contributed by atoms with Gasteiger partial charge in [0.25, 0.3) is 0 Å². The summed E-state index contributed by atoms with van der Waals surface area (Å²) >= 11 is 1.55. The first-order valence-corrected chi connectivity index (χ1v) is 10.7. The fourth-order valence-corrected chi connectivity index (χ4v) is 3.49. The smallest absolute Gasteiger partial charge is 0.188 e. The van der Waals surface area contributed by atoms with Gasteiger partial charge in [-0.15, -0.1) is 11.3 Å². The van der Waals surface area contributed by atoms with E-state index < -0.39 is 0 Å². The van der Waals surface area contributed by atoms with E-state index in [1.165, 1.54) is 0 Å². The Bertz CT molecular complexity index is 1070. The van der Waals surface area contributed by atoms with Gasteiger partial charge in [-0.25, -0.2) is 9.97 Å². The first-order valence-electron chi connectivity index (χ1n) is 9.77. The fraction of sp³-hybridized carbons (Fsp3) is 0.167. The minimum Gasteiger partial charge on any atom is -0.477 e. The highest BCUT2D eigenvalue weighted by atomic mass is 32.1. The molecule has 0 saturated carbocycles. The summed E-state index contributed by atoms with van der Waals surface area (Å²) in [6, 6.07) is 14.0. The number of aryl methyl sites for hydroxylation is 1.